The molecule has 1 N–H and O–H groups in total. The highest BCUT2D eigenvalue weighted by atomic mass is 16.2. The van der Waals surface area contributed by atoms with E-state index in [9.17, 15) is 9.59 Å². The number of anilines is 1. The molecule has 0 radical (unpaired) electrons. The molecular formula is C12H13N3O2. The minimum absolute atomic E-state index is 0.232. The highest BCUT2D eigenvalue weighted by molar-refractivity contribution is 6.22. The number of benzene rings is 1. The van der Waals surface area contributed by atoms with Gasteiger partial charge in [0, 0.05) is 6.92 Å². The summed E-state index contributed by atoms with van der Waals surface area (Å²) in [5.74, 6) is 0.0821. The highest BCUT2D eigenvalue weighted by Crippen LogP contribution is 2.20. The number of aliphatic imine (C=N–C) groups is 1. The van der Waals surface area contributed by atoms with Crippen LogP contribution in [0.25, 0.3) is 0 Å². The number of carbonyl (C=O) groups is 2. The van der Waals surface area contributed by atoms with E-state index in [2.05, 4.69) is 10.3 Å². The Morgan fingerprint density at radius 2 is 2.00 bits per heavy atom. The fourth-order valence-corrected chi connectivity index (χ4v) is 1.76. The average Bonchev–Trinajstić information content (AvgIpc) is 2.54. The normalized spacial score (nSPS) is 19.2. The van der Waals surface area contributed by atoms with Crippen LogP contribution in [-0.4, -0.2) is 23.8 Å². The second-order valence-electron chi connectivity index (χ2n) is 3.79. The Balaban J connectivity index is 2.25. The number of nitrogens with one attached hydrogen (secondary N) is 1. The number of para-hydroxylation sites is 1. The predicted molar refractivity (Wildman–Crippen MR) is 64.6 cm³/mol. The molecule has 0 aliphatic carbocycles. The van der Waals surface area contributed by atoms with E-state index < -0.39 is 6.17 Å². The first-order valence-electron chi connectivity index (χ1n) is 5.30. The van der Waals surface area contributed by atoms with E-state index in [1.54, 1.807) is 6.92 Å². The molecule has 1 heterocycles. The number of rotatable bonds is 2. The molecule has 1 aliphatic heterocycles. The van der Waals surface area contributed by atoms with Crippen molar-refractivity contribution in [1.29, 1.82) is 0 Å². The van der Waals surface area contributed by atoms with Crippen LogP contribution in [0, 0.1) is 0 Å². The van der Waals surface area contributed by atoms with Gasteiger partial charge in [-0.15, -0.1) is 0 Å². The lowest BCUT2D eigenvalue weighted by Gasteiger charge is -2.17. The molecule has 5 heteroatoms. The van der Waals surface area contributed by atoms with Crippen LogP contribution in [0.2, 0.25) is 0 Å². The van der Waals surface area contributed by atoms with Crippen LogP contribution in [0.5, 0.6) is 0 Å². The van der Waals surface area contributed by atoms with Crippen molar-refractivity contribution in [1.82, 2.24) is 5.32 Å². The van der Waals surface area contributed by atoms with Crippen molar-refractivity contribution in [2.45, 2.75) is 20.0 Å². The lowest BCUT2D eigenvalue weighted by Crippen LogP contribution is -2.42. The lowest BCUT2D eigenvalue weighted by atomic mass is 10.3. The first-order chi connectivity index (χ1) is 8.09. The summed E-state index contributed by atoms with van der Waals surface area (Å²) in [6.07, 6.45) is -0.798. The van der Waals surface area contributed by atoms with Gasteiger partial charge in [-0.3, -0.25) is 14.5 Å². The maximum atomic E-state index is 12.0. The van der Waals surface area contributed by atoms with Crippen LogP contribution in [-0.2, 0) is 9.59 Å². The molecule has 0 aromatic heterocycles. The van der Waals surface area contributed by atoms with E-state index in [0.29, 0.717) is 5.84 Å². The van der Waals surface area contributed by atoms with Gasteiger partial charge in [-0.25, -0.2) is 4.99 Å². The first-order valence-corrected chi connectivity index (χ1v) is 5.30. The smallest absolute Gasteiger partial charge is 0.277 e. The summed E-state index contributed by atoms with van der Waals surface area (Å²) < 4.78 is 0. The molecule has 2 amide bonds. The molecule has 1 atom stereocenters. The zero-order valence-corrected chi connectivity index (χ0v) is 9.68. The van der Waals surface area contributed by atoms with Crippen LogP contribution < -0.4 is 10.2 Å². The Bertz CT molecular complexity index is 482. The molecule has 0 fully saturated rings. The van der Waals surface area contributed by atoms with Gasteiger partial charge in [-0.2, -0.15) is 0 Å². The van der Waals surface area contributed by atoms with Crippen molar-refractivity contribution < 1.29 is 9.59 Å². The quantitative estimate of drug-likeness (QED) is 0.822. The third-order valence-corrected chi connectivity index (χ3v) is 2.45. The van der Waals surface area contributed by atoms with Crippen molar-refractivity contribution in [3.63, 3.8) is 0 Å². The minimum atomic E-state index is -0.798. The molecule has 5 nitrogen and oxygen atoms in total. The van der Waals surface area contributed by atoms with Gasteiger partial charge < -0.3 is 5.32 Å². The van der Waals surface area contributed by atoms with E-state index in [4.69, 9.17) is 0 Å². The first kappa shape index (κ1) is 11.3. The van der Waals surface area contributed by atoms with Crippen LogP contribution in [0.3, 0.4) is 0 Å². The number of amidine groups is 1. The zero-order valence-electron chi connectivity index (χ0n) is 9.68. The molecule has 1 aliphatic rings. The van der Waals surface area contributed by atoms with Crippen LogP contribution >= 0.6 is 0 Å². The van der Waals surface area contributed by atoms with Gasteiger partial charge in [0.15, 0.2) is 0 Å². The maximum absolute atomic E-state index is 12.0. The van der Waals surface area contributed by atoms with Crippen molar-refractivity contribution in [3.8, 4) is 0 Å². The van der Waals surface area contributed by atoms with Gasteiger partial charge in [0.05, 0.1) is 5.69 Å². The van der Waals surface area contributed by atoms with E-state index in [0.717, 1.165) is 5.69 Å². The van der Waals surface area contributed by atoms with Gasteiger partial charge in [-0.05, 0) is 19.1 Å². The third-order valence-electron chi connectivity index (χ3n) is 2.45. The standard InChI is InChI=1S/C12H13N3O2/c1-8-13-11(14-9(2)16)12(17)15(8)10-6-4-3-5-7-10/h3-7,11H,1-2H3,(H,14,16)/t11-/m0/s1. The summed E-state index contributed by atoms with van der Waals surface area (Å²) in [6.45, 7) is 3.11. The summed E-state index contributed by atoms with van der Waals surface area (Å²) >= 11 is 0. The fraction of sp³-hybridized carbons (Fsp3) is 0.250. The van der Waals surface area contributed by atoms with E-state index in [1.165, 1.54) is 11.8 Å². The second-order valence-corrected chi connectivity index (χ2v) is 3.79. The Morgan fingerprint density at radius 1 is 1.35 bits per heavy atom. The predicted octanol–water partition coefficient (Wildman–Crippen LogP) is 0.914. The average molecular weight is 231 g/mol. The summed E-state index contributed by atoms with van der Waals surface area (Å²) in [6, 6.07) is 9.23. The number of carbonyl (C=O) groups excluding carboxylic acids is 2. The van der Waals surface area contributed by atoms with Gasteiger partial charge in [0.2, 0.25) is 12.1 Å². The Hall–Kier alpha value is -2.17. The number of hydrogen-bond donors (Lipinski definition) is 1. The topological polar surface area (TPSA) is 61.8 Å². The molecule has 2 rings (SSSR count). The van der Waals surface area contributed by atoms with E-state index in [1.807, 2.05) is 30.3 Å². The molecule has 17 heavy (non-hydrogen) atoms. The molecular weight excluding hydrogens is 218 g/mol. The summed E-state index contributed by atoms with van der Waals surface area (Å²) in [7, 11) is 0. The fourth-order valence-electron chi connectivity index (χ4n) is 1.76. The zero-order chi connectivity index (χ0) is 12.4. The molecule has 0 saturated heterocycles. The van der Waals surface area contributed by atoms with Gasteiger partial charge in [0.25, 0.3) is 5.91 Å². The monoisotopic (exact) mass is 231 g/mol. The highest BCUT2D eigenvalue weighted by Gasteiger charge is 2.33. The maximum Gasteiger partial charge on any atom is 0.277 e. The second kappa shape index (κ2) is 4.37. The summed E-state index contributed by atoms with van der Waals surface area (Å²) in [5.41, 5.74) is 0.756. The molecule has 88 valence electrons. The van der Waals surface area contributed by atoms with Crippen molar-refractivity contribution >= 4 is 23.3 Å². The number of amides is 2. The number of nitrogens with zero attached hydrogens (tertiary/aromatic N) is 2. The minimum Gasteiger partial charge on any atom is -0.327 e. The summed E-state index contributed by atoms with van der Waals surface area (Å²) in [4.78, 5) is 28.6. The van der Waals surface area contributed by atoms with Crippen LogP contribution in [0.1, 0.15) is 13.8 Å². The van der Waals surface area contributed by atoms with Crippen molar-refractivity contribution in [2.24, 2.45) is 4.99 Å². The van der Waals surface area contributed by atoms with Crippen LogP contribution in [0.15, 0.2) is 35.3 Å². The molecule has 0 saturated carbocycles. The number of hydrogen-bond acceptors (Lipinski definition) is 3. The third kappa shape index (κ3) is 2.18. The van der Waals surface area contributed by atoms with Crippen LogP contribution in [0.4, 0.5) is 5.69 Å². The Kier molecular flexibility index (Phi) is 2.91. The van der Waals surface area contributed by atoms with E-state index >= 15 is 0 Å². The molecule has 0 spiro atoms. The molecule has 1 aromatic rings. The van der Waals surface area contributed by atoms with Gasteiger partial charge in [0.1, 0.15) is 5.84 Å². The van der Waals surface area contributed by atoms with Gasteiger partial charge in [-0.1, -0.05) is 18.2 Å². The Labute approximate surface area is 99.1 Å². The SMILES string of the molecule is CC(=O)N[C@@H]1N=C(C)N(c2ccccc2)C1=O. The Morgan fingerprint density at radius 3 is 2.59 bits per heavy atom. The molecule has 1 aromatic carbocycles. The van der Waals surface area contributed by atoms with E-state index in [-0.39, 0.29) is 11.8 Å². The van der Waals surface area contributed by atoms with Crippen molar-refractivity contribution in [3.05, 3.63) is 30.3 Å². The molecule has 0 unspecified atom stereocenters. The van der Waals surface area contributed by atoms with Gasteiger partial charge >= 0.3 is 0 Å². The molecule has 0 bridgehead atoms. The largest absolute Gasteiger partial charge is 0.327 e. The van der Waals surface area contributed by atoms with Crippen molar-refractivity contribution in [2.75, 3.05) is 4.90 Å². The lowest BCUT2D eigenvalue weighted by molar-refractivity contribution is -0.125. The summed E-state index contributed by atoms with van der Waals surface area (Å²) in [5, 5.41) is 2.50.